The van der Waals surface area contributed by atoms with E-state index >= 15 is 0 Å². The number of halogens is 2. The van der Waals surface area contributed by atoms with E-state index in [1.54, 1.807) is 37.4 Å². The zero-order valence-corrected chi connectivity index (χ0v) is 21.2. The van der Waals surface area contributed by atoms with Crippen molar-refractivity contribution in [3.63, 3.8) is 0 Å². The molecule has 3 rings (SSSR count). The van der Waals surface area contributed by atoms with E-state index in [1.807, 2.05) is 44.9 Å². The highest BCUT2D eigenvalue weighted by atomic mass is 19.1. The Bertz CT molecular complexity index is 1120. The van der Waals surface area contributed by atoms with Gasteiger partial charge in [0.1, 0.15) is 24.0 Å². The molecule has 0 radical (unpaired) electrons. The molecule has 36 heavy (non-hydrogen) atoms. The summed E-state index contributed by atoms with van der Waals surface area (Å²) in [6.07, 6.45) is 0.310. The highest BCUT2D eigenvalue weighted by molar-refractivity contribution is 5.74. The van der Waals surface area contributed by atoms with Gasteiger partial charge >= 0.3 is 0 Å². The van der Waals surface area contributed by atoms with Crippen LogP contribution in [0.25, 0.3) is 11.1 Å². The number of benzene rings is 3. The molecule has 0 amide bonds. The van der Waals surface area contributed by atoms with Gasteiger partial charge < -0.3 is 20.0 Å². The molecule has 192 valence electrons. The molecule has 0 aliphatic heterocycles. The first-order chi connectivity index (χ1) is 17.2. The highest BCUT2D eigenvalue weighted by Gasteiger charge is 2.31. The lowest BCUT2D eigenvalue weighted by Crippen LogP contribution is -2.41. The monoisotopic (exact) mass is 496 g/mol. The van der Waals surface area contributed by atoms with E-state index in [2.05, 4.69) is 17.2 Å². The number of nitrogens with one attached hydrogen (secondary N) is 1. The Kier molecular flexibility index (Phi) is 10.7. The van der Waals surface area contributed by atoms with E-state index in [0.717, 1.165) is 16.7 Å². The van der Waals surface area contributed by atoms with Gasteiger partial charge in [0.25, 0.3) is 6.02 Å². The highest BCUT2D eigenvalue weighted by Crippen LogP contribution is 2.33. The van der Waals surface area contributed by atoms with Crippen molar-refractivity contribution in [1.29, 1.82) is 0 Å². The lowest BCUT2D eigenvalue weighted by atomic mass is 9.85. The van der Waals surface area contributed by atoms with Gasteiger partial charge in [0.2, 0.25) is 0 Å². The SMILES string of the molecule is C=O.CN=C(N[C@@H](CCO)c1ccccc1F)OC(C)(C)C(C)c1ccc(-c2ccc(F)cc2)cc1. The Labute approximate surface area is 211 Å². The van der Waals surface area contributed by atoms with Crippen LogP contribution >= 0.6 is 0 Å². The minimum atomic E-state index is -0.641. The predicted octanol–water partition coefficient (Wildman–Crippen LogP) is 6.04. The standard InChI is InChI=1S/C28H32F2N2O2.CH2O/c1-19(20-9-11-21(12-10-20)22-13-15-23(29)16-14-22)28(2,3)34-27(31-4)32-26(17-18-33)24-7-5-6-8-25(24)30;1-2/h5-16,19,26,33H,17-18H2,1-4H3,(H,31,32);1H2/t19?,26-;/m0./s1. The van der Waals surface area contributed by atoms with Gasteiger partial charge in [0, 0.05) is 25.1 Å². The minimum absolute atomic E-state index is 0.00179. The molecule has 1 unspecified atom stereocenters. The van der Waals surface area contributed by atoms with Crippen molar-refractivity contribution in [3.05, 3.63) is 95.6 Å². The molecule has 7 heteroatoms. The van der Waals surface area contributed by atoms with Gasteiger partial charge in [0.05, 0.1) is 6.04 Å². The summed E-state index contributed by atoms with van der Waals surface area (Å²) < 4.78 is 33.8. The van der Waals surface area contributed by atoms with E-state index < -0.39 is 11.6 Å². The average molecular weight is 497 g/mol. The molecular weight excluding hydrogens is 462 g/mol. The van der Waals surface area contributed by atoms with Crippen molar-refractivity contribution in [2.75, 3.05) is 13.7 Å². The maximum atomic E-state index is 14.4. The van der Waals surface area contributed by atoms with Crippen LogP contribution in [-0.2, 0) is 9.53 Å². The number of amidine groups is 1. The van der Waals surface area contributed by atoms with Gasteiger partial charge in [0.15, 0.2) is 0 Å². The Morgan fingerprint density at radius 1 is 1.00 bits per heavy atom. The number of rotatable bonds is 8. The maximum absolute atomic E-state index is 14.4. The third-order valence-electron chi connectivity index (χ3n) is 6.19. The van der Waals surface area contributed by atoms with Crippen molar-refractivity contribution in [2.24, 2.45) is 4.99 Å². The Morgan fingerprint density at radius 2 is 1.56 bits per heavy atom. The van der Waals surface area contributed by atoms with Crippen LogP contribution in [0.3, 0.4) is 0 Å². The molecule has 2 atom stereocenters. The van der Waals surface area contributed by atoms with Gasteiger partial charge in [-0.3, -0.25) is 0 Å². The van der Waals surface area contributed by atoms with E-state index in [0.29, 0.717) is 12.0 Å². The summed E-state index contributed by atoms with van der Waals surface area (Å²) in [6.45, 7) is 7.91. The Morgan fingerprint density at radius 3 is 2.08 bits per heavy atom. The topological polar surface area (TPSA) is 70.9 Å². The molecule has 0 saturated heterocycles. The molecular formula is C29H34F2N2O3. The second-order valence-electron chi connectivity index (χ2n) is 8.82. The molecule has 0 aromatic heterocycles. The number of carbonyl (C=O) groups is 1. The molecule has 2 N–H and O–H groups in total. The van der Waals surface area contributed by atoms with E-state index in [9.17, 15) is 13.9 Å². The fourth-order valence-corrected chi connectivity index (χ4v) is 3.83. The number of aliphatic hydroxyl groups is 1. The van der Waals surface area contributed by atoms with Crippen LogP contribution in [0.15, 0.2) is 77.8 Å². The first kappa shape index (κ1) is 28.7. The summed E-state index contributed by atoms with van der Waals surface area (Å²) in [4.78, 5) is 12.2. The molecule has 0 saturated carbocycles. The fraction of sp³-hybridized carbons (Fsp3) is 0.310. The second-order valence-corrected chi connectivity index (χ2v) is 8.82. The smallest absolute Gasteiger partial charge is 0.285 e. The zero-order chi connectivity index (χ0) is 26.7. The molecule has 3 aromatic rings. The van der Waals surface area contributed by atoms with Gasteiger partial charge in [-0.1, -0.05) is 61.5 Å². The second kappa shape index (κ2) is 13.5. The number of aliphatic hydroxyl groups excluding tert-OH is 1. The number of nitrogens with zero attached hydrogens (tertiary/aromatic N) is 1. The summed E-state index contributed by atoms with van der Waals surface area (Å²) in [5, 5.41) is 12.7. The number of ether oxygens (including phenoxy) is 1. The largest absolute Gasteiger partial charge is 0.459 e. The van der Waals surface area contributed by atoms with Gasteiger partial charge in [-0.25, -0.2) is 13.8 Å². The van der Waals surface area contributed by atoms with Crippen LogP contribution in [0.2, 0.25) is 0 Å². The zero-order valence-electron chi connectivity index (χ0n) is 21.2. The lowest BCUT2D eigenvalue weighted by molar-refractivity contribution is -0.0980. The van der Waals surface area contributed by atoms with Crippen LogP contribution < -0.4 is 5.32 Å². The third kappa shape index (κ3) is 7.46. The van der Waals surface area contributed by atoms with E-state index in [4.69, 9.17) is 9.53 Å². The predicted molar refractivity (Wildman–Crippen MR) is 140 cm³/mol. The van der Waals surface area contributed by atoms with Gasteiger partial charge in [-0.15, -0.1) is 0 Å². The number of carbonyl (C=O) groups excluding carboxylic acids is 1. The Balaban J connectivity index is 0.00000222. The molecule has 0 spiro atoms. The number of hydrogen-bond acceptors (Lipinski definition) is 4. The summed E-state index contributed by atoms with van der Waals surface area (Å²) in [5.41, 5.74) is 2.83. The lowest BCUT2D eigenvalue weighted by Gasteiger charge is -2.34. The normalized spacial score (nSPS) is 13.2. The quantitative estimate of drug-likeness (QED) is 0.294. The van der Waals surface area contributed by atoms with Crippen LogP contribution in [0.1, 0.15) is 50.3 Å². The van der Waals surface area contributed by atoms with E-state index in [-0.39, 0.29) is 30.2 Å². The van der Waals surface area contributed by atoms with Gasteiger partial charge in [-0.2, -0.15) is 0 Å². The minimum Gasteiger partial charge on any atom is -0.459 e. The van der Waals surface area contributed by atoms with Crippen molar-refractivity contribution in [1.82, 2.24) is 5.32 Å². The molecule has 0 heterocycles. The van der Waals surface area contributed by atoms with Crippen molar-refractivity contribution in [2.45, 2.75) is 44.8 Å². The average Bonchev–Trinajstić information content (AvgIpc) is 2.89. The molecule has 5 nitrogen and oxygen atoms in total. The van der Waals surface area contributed by atoms with Crippen LogP contribution in [-0.4, -0.2) is 37.2 Å². The fourth-order valence-electron chi connectivity index (χ4n) is 3.83. The molecule has 0 fully saturated rings. The number of aliphatic imine (C=N–C) groups is 1. The van der Waals surface area contributed by atoms with Crippen LogP contribution in [0.5, 0.6) is 0 Å². The van der Waals surface area contributed by atoms with Crippen molar-refractivity contribution in [3.8, 4) is 11.1 Å². The summed E-state index contributed by atoms with van der Waals surface area (Å²) >= 11 is 0. The maximum Gasteiger partial charge on any atom is 0.285 e. The first-order valence-electron chi connectivity index (χ1n) is 11.7. The molecule has 0 aliphatic rings. The van der Waals surface area contributed by atoms with E-state index in [1.165, 1.54) is 18.2 Å². The molecule has 3 aromatic carbocycles. The summed E-state index contributed by atoms with van der Waals surface area (Å²) in [5.74, 6) is -0.609. The summed E-state index contributed by atoms with van der Waals surface area (Å²) in [6, 6.07) is 20.8. The third-order valence-corrected chi connectivity index (χ3v) is 6.19. The Hall–Kier alpha value is -3.58. The molecule has 0 aliphatic carbocycles. The van der Waals surface area contributed by atoms with Crippen LogP contribution in [0.4, 0.5) is 8.78 Å². The number of hydrogen-bond donors (Lipinski definition) is 2. The van der Waals surface area contributed by atoms with Gasteiger partial charge in [-0.05, 0) is 55.2 Å². The first-order valence-corrected chi connectivity index (χ1v) is 11.7. The van der Waals surface area contributed by atoms with Crippen molar-refractivity contribution >= 4 is 12.8 Å². The van der Waals surface area contributed by atoms with Crippen molar-refractivity contribution < 1.29 is 23.4 Å². The van der Waals surface area contributed by atoms with Crippen LogP contribution in [0, 0.1) is 11.6 Å². The molecule has 0 bridgehead atoms. The summed E-state index contributed by atoms with van der Waals surface area (Å²) in [7, 11) is 1.61.